The molecule has 2 aromatic rings. The number of rotatable bonds is 8. The predicted octanol–water partition coefficient (Wildman–Crippen LogP) is 5.13. The molecule has 0 aromatic carbocycles. The molecule has 0 aliphatic rings. The van der Waals surface area contributed by atoms with E-state index in [9.17, 15) is 0 Å². The standard InChI is InChI=1S/C16H21BrN2O/c1-2-3-4-5-6-7-10-20-15-8-9-18-14-11-13(17)12-19-16(14)15/h8-9,11-12H,2-7,10H2,1H3. The van der Waals surface area contributed by atoms with Gasteiger partial charge in [-0.25, -0.2) is 4.98 Å². The van der Waals surface area contributed by atoms with Crippen LogP contribution < -0.4 is 4.74 Å². The third kappa shape index (κ3) is 4.44. The van der Waals surface area contributed by atoms with Crippen molar-refractivity contribution >= 4 is 27.0 Å². The lowest BCUT2D eigenvalue weighted by Crippen LogP contribution is -1.99. The summed E-state index contributed by atoms with van der Waals surface area (Å²) in [5.41, 5.74) is 1.70. The van der Waals surface area contributed by atoms with Crippen LogP contribution >= 0.6 is 15.9 Å². The molecule has 0 spiro atoms. The van der Waals surface area contributed by atoms with Crippen LogP contribution in [0.2, 0.25) is 0 Å². The summed E-state index contributed by atoms with van der Waals surface area (Å²) in [6.07, 6.45) is 11.2. The number of ether oxygens (including phenoxy) is 1. The first kappa shape index (κ1) is 15.2. The Morgan fingerprint density at radius 1 is 1.10 bits per heavy atom. The van der Waals surface area contributed by atoms with E-state index in [0.29, 0.717) is 0 Å². The lowest BCUT2D eigenvalue weighted by molar-refractivity contribution is 0.307. The maximum atomic E-state index is 5.85. The maximum Gasteiger partial charge on any atom is 0.148 e. The number of nitrogens with zero attached hydrogens (tertiary/aromatic N) is 2. The van der Waals surface area contributed by atoms with E-state index >= 15 is 0 Å². The van der Waals surface area contributed by atoms with Crippen LogP contribution in [0.25, 0.3) is 11.0 Å². The summed E-state index contributed by atoms with van der Waals surface area (Å²) in [5.74, 6) is 0.830. The number of aromatic nitrogens is 2. The molecular formula is C16H21BrN2O. The Balaban J connectivity index is 1.84. The molecule has 0 radical (unpaired) electrons. The second-order valence-corrected chi connectivity index (χ2v) is 5.86. The highest BCUT2D eigenvalue weighted by Crippen LogP contribution is 2.24. The summed E-state index contributed by atoms with van der Waals surface area (Å²) in [7, 11) is 0. The fourth-order valence-corrected chi connectivity index (χ4v) is 2.48. The SMILES string of the molecule is CCCCCCCCOc1ccnc2cc(Br)cnc12. The van der Waals surface area contributed by atoms with Gasteiger partial charge in [-0.1, -0.05) is 39.0 Å². The molecule has 0 atom stereocenters. The van der Waals surface area contributed by atoms with Crippen molar-refractivity contribution in [2.75, 3.05) is 6.61 Å². The van der Waals surface area contributed by atoms with Gasteiger partial charge in [0.1, 0.15) is 11.3 Å². The van der Waals surface area contributed by atoms with Gasteiger partial charge in [-0.15, -0.1) is 0 Å². The van der Waals surface area contributed by atoms with Crippen molar-refractivity contribution in [1.82, 2.24) is 9.97 Å². The van der Waals surface area contributed by atoms with Gasteiger partial charge in [-0.3, -0.25) is 4.98 Å². The lowest BCUT2D eigenvalue weighted by atomic mass is 10.1. The Morgan fingerprint density at radius 2 is 1.90 bits per heavy atom. The van der Waals surface area contributed by atoms with Crippen molar-refractivity contribution in [3.63, 3.8) is 0 Å². The van der Waals surface area contributed by atoms with E-state index in [-0.39, 0.29) is 0 Å². The molecule has 2 heterocycles. The van der Waals surface area contributed by atoms with E-state index < -0.39 is 0 Å². The molecule has 0 saturated heterocycles. The average Bonchev–Trinajstić information content (AvgIpc) is 2.46. The molecule has 2 rings (SSSR count). The average molecular weight is 337 g/mol. The zero-order chi connectivity index (χ0) is 14.2. The molecule has 0 aliphatic carbocycles. The first-order chi connectivity index (χ1) is 9.81. The summed E-state index contributed by atoms with van der Waals surface area (Å²) in [4.78, 5) is 8.69. The van der Waals surface area contributed by atoms with E-state index in [1.165, 1.54) is 32.1 Å². The van der Waals surface area contributed by atoms with Crippen LogP contribution in [0, 0.1) is 0 Å². The summed E-state index contributed by atoms with van der Waals surface area (Å²) in [6, 6.07) is 3.85. The monoisotopic (exact) mass is 336 g/mol. The van der Waals surface area contributed by atoms with Gasteiger partial charge in [0.2, 0.25) is 0 Å². The van der Waals surface area contributed by atoms with E-state index in [1.54, 1.807) is 12.4 Å². The molecule has 0 fully saturated rings. The maximum absolute atomic E-state index is 5.85. The van der Waals surface area contributed by atoms with Gasteiger partial charge in [0.25, 0.3) is 0 Å². The number of halogens is 1. The minimum absolute atomic E-state index is 0.753. The van der Waals surface area contributed by atoms with Crippen LogP contribution in [-0.2, 0) is 0 Å². The van der Waals surface area contributed by atoms with E-state index in [0.717, 1.165) is 34.3 Å². The van der Waals surface area contributed by atoms with Crippen LogP contribution in [0.15, 0.2) is 29.0 Å². The van der Waals surface area contributed by atoms with Crippen molar-refractivity contribution in [3.8, 4) is 5.75 Å². The van der Waals surface area contributed by atoms with Crippen LogP contribution in [0.3, 0.4) is 0 Å². The lowest BCUT2D eigenvalue weighted by Gasteiger charge is -2.08. The molecule has 0 saturated carbocycles. The summed E-state index contributed by atoms with van der Waals surface area (Å²) in [5, 5.41) is 0. The van der Waals surface area contributed by atoms with Gasteiger partial charge >= 0.3 is 0 Å². The van der Waals surface area contributed by atoms with Gasteiger partial charge in [-0.2, -0.15) is 0 Å². The molecule has 2 aromatic heterocycles. The Bertz CT molecular complexity index is 545. The molecule has 0 unspecified atom stereocenters. The molecule has 0 aliphatic heterocycles. The number of pyridine rings is 2. The van der Waals surface area contributed by atoms with Crippen LogP contribution in [-0.4, -0.2) is 16.6 Å². The van der Waals surface area contributed by atoms with Gasteiger partial charge in [0, 0.05) is 22.9 Å². The van der Waals surface area contributed by atoms with Crippen LogP contribution in [0.1, 0.15) is 45.4 Å². The third-order valence-electron chi connectivity index (χ3n) is 3.26. The van der Waals surface area contributed by atoms with E-state index in [4.69, 9.17) is 4.74 Å². The summed E-state index contributed by atoms with van der Waals surface area (Å²) < 4.78 is 6.78. The molecule has 20 heavy (non-hydrogen) atoms. The minimum atomic E-state index is 0.753. The number of hydrogen-bond acceptors (Lipinski definition) is 3. The molecule has 0 N–H and O–H groups in total. The summed E-state index contributed by atoms with van der Waals surface area (Å²) in [6.45, 7) is 2.99. The predicted molar refractivity (Wildman–Crippen MR) is 86.1 cm³/mol. The highest BCUT2D eigenvalue weighted by molar-refractivity contribution is 9.10. The van der Waals surface area contributed by atoms with E-state index in [2.05, 4.69) is 32.8 Å². The van der Waals surface area contributed by atoms with Crippen molar-refractivity contribution < 1.29 is 4.74 Å². The molecule has 4 heteroatoms. The Morgan fingerprint density at radius 3 is 2.75 bits per heavy atom. The zero-order valence-corrected chi connectivity index (χ0v) is 13.5. The van der Waals surface area contributed by atoms with Gasteiger partial charge in [-0.05, 0) is 28.4 Å². The molecule has 0 amide bonds. The van der Waals surface area contributed by atoms with E-state index in [1.807, 2.05) is 12.1 Å². The van der Waals surface area contributed by atoms with Crippen molar-refractivity contribution in [2.45, 2.75) is 45.4 Å². The molecule has 0 bridgehead atoms. The van der Waals surface area contributed by atoms with Crippen molar-refractivity contribution in [2.24, 2.45) is 0 Å². The van der Waals surface area contributed by atoms with Gasteiger partial charge < -0.3 is 4.74 Å². The van der Waals surface area contributed by atoms with Crippen molar-refractivity contribution in [3.05, 3.63) is 29.0 Å². The Kier molecular flexibility index (Phi) is 6.25. The second kappa shape index (κ2) is 8.20. The molecular weight excluding hydrogens is 316 g/mol. The zero-order valence-electron chi connectivity index (χ0n) is 11.9. The quantitative estimate of drug-likeness (QED) is 0.626. The highest BCUT2D eigenvalue weighted by Gasteiger charge is 2.04. The molecule has 108 valence electrons. The second-order valence-electron chi connectivity index (χ2n) is 4.95. The first-order valence-corrected chi connectivity index (χ1v) is 8.13. The van der Waals surface area contributed by atoms with Gasteiger partial charge in [0.15, 0.2) is 0 Å². The Labute approximate surface area is 128 Å². The highest BCUT2D eigenvalue weighted by atomic mass is 79.9. The largest absolute Gasteiger partial charge is 0.491 e. The number of fused-ring (bicyclic) bond motifs is 1. The van der Waals surface area contributed by atoms with Crippen LogP contribution in [0.5, 0.6) is 5.75 Å². The Hall–Kier alpha value is -1.16. The number of hydrogen-bond donors (Lipinski definition) is 0. The minimum Gasteiger partial charge on any atom is -0.491 e. The topological polar surface area (TPSA) is 35.0 Å². The van der Waals surface area contributed by atoms with Crippen molar-refractivity contribution in [1.29, 1.82) is 0 Å². The smallest absolute Gasteiger partial charge is 0.148 e. The first-order valence-electron chi connectivity index (χ1n) is 7.34. The fourth-order valence-electron chi connectivity index (χ4n) is 2.16. The fraction of sp³-hybridized carbons (Fsp3) is 0.500. The third-order valence-corrected chi connectivity index (χ3v) is 3.70. The summed E-state index contributed by atoms with van der Waals surface area (Å²) >= 11 is 3.41. The number of unbranched alkanes of at least 4 members (excludes halogenated alkanes) is 5. The van der Waals surface area contributed by atoms with Gasteiger partial charge in [0.05, 0.1) is 12.1 Å². The molecule has 3 nitrogen and oxygen atoms in total. The van der Waals surface area contributed by atoms with Crippen LogP contribution in [0.4, 0.5) is 0 Å². The normalized spacial score (nSPS) is 10.9.